The number of aryl methyl sites for hydroxylation is 1. The average molecular weight is 225 g/mol. The van der Waals surface area contributed by atoms with E-state index < -0.39 is 6.04 Å². The Labute approximate surface area is 95.4 Å². The van der Waals surface area contributed by atoms with E-state index in [1.807, 2.05) is 0 Å². The third-order valence-electron chi connectivity index (χ3n) is 2.34. The topological polar surface area (TPSA) is 81.0 Å². The number of ether oxygens (including phenoxy) is 1. The molecular formula is C11H19N3O2. The molecule has 16 heavy (non-hydrogen) atoms. The van der Waals surface area contributed by atoms with Gasteiger partial charge < -0.3 is 10.5 Å². The van der Waals surface area contributed by atoms with Crippen LogP contribution in [0.3, 0.4) is 0 Å². The van der Waals surface area contributed by atoms with Crippen molar-refractivity contribution in [2.45, 2.75) is 39.2 Å². The molecule has 0 aliphatic heterocycles. The highest BCUT2D eigenvalue weighted by Crippen LogP contribution is 2.09. The summed E-state index contributed by atoms with van der Waals surface area (Å²) in [6.45, 7) is 4.22. The zero-order chi connectivity index (χ0) is 12.0. The lowest BCUT2D eigenvalue weighted by atomic mass is 10.1. The van der Waals surface area contributed by atoms with Crippen molar-refractivity contribution in [2.24, 2.45) is 5.73 Å². The van der Waals surface area contributed by atoms with Crippen LogP contribution < -0.4 is 5.73 Å². The quantitative estimate of drug-likeness (QED) is 0.701. The first-order valence-electron chi connectivity index (χ1n) is 5.62. The van der Waals surface area contributed by atoms with E-state index in [0.717, 1.165) is 24.1 Å². The summed E-state index contributed by atoms with van der Waals surface area (Å²) < 4.78 is 4.86. The lowest BCUT2D eigenvalue weighted by Crippen LogP contribution is -2.34. The van der Waals surface area contributed by atoms with Gasteiger partial charge >= 0.3 is 5.97 Å². The highest BCUT2D eigenvalue weighted by atomic mass is 16.5. The molecule has 1 unspecified atom stereocenters. The normalized spacial score (nSPS) is 12.4. The number of nitrogens with zero attached hydrogens (tertiary/aromatic N) is 1. The Morgan fingerprint density at radius 2 is 2.38 bits per heavy atom. The Morgan fingerprint density at radius 1 is 1.62 bits per heavy atom. The molecule has 1 aromatic rings. The molecule has 1 rings (SSSR count). The Hall–Kier alpha value is -1.36. The maximum Gasteiger partial charge on any atom is 0.323 e. The Bertz CT molecular complexity index is 336. The summed E-state index contributed by atoms with van der Waals surface area (Å²) in [5, 5.41) is 6.89. The number of H-pyrrole nitrogens is 1. The predicted molar refractivity (Wildman–Crippen MR) is 60.9 cm³/mol. The second-order valence-electron chi connectivity index (χ2n) is 3.69. The van der Waals surface area contributed by atoms with Crippen molar-refractivity contribution in [3.63, 3.8) is 0 Å². The zero-order valence-electron chi connectivity index (χ0n) is 9.82. The number of aromatic amines is 1. The maximum atomic E-state index is 11.4. The van der Waals surface area contributed by atoms with Crippen LogP contribution in [-0.2, 0) is 22.4 Å². The average Bonchev–Trinajstić information content (AvgIpc) is 2.67. The molecule has 0 saturated carbocycles. The van der Waals surface area contributed by atoms with Gasteiger partial charge in [-0.3, -0.25) is 9.89 Å². The van der Waals surface area contributed by atoms with Crippen LogP contribution in [0.25, 0.3) is 0 Å². The minimum Gasteiger partial charge on any atom is -0.465 e. The fraction of sp³-hybridized carbons (Fsp3) is 0.636. The van der Waals surface area contributed by atoms with Crippen molar-refractivity contribution >= 4 is 5.97 Å². The highest BCUT2D eigenvalue weighted by Gasteiger charge is 2.17. The van der Waals surface area contributed by atoms with Crippen molar-refractivity contribution in [1.82, 2.24) is 10.2 Å². The predicted octanol–water partition coefficient (Wildman–Crippen LogP) is 0.795. The van der Waals surface area contributed by atoms with Crippen LogP contribution in [0.5, 0.6) is 0 Å². The molecule has 1 aromatic heterocycles. The van der Waals surface area contributed by atoms with Crippen LogP contribution in [0.4, 0.5) is 0 Å². The summed E-state index contributed by atoms with van der Waals surface area (Å²) >= 11 is 0. The number of aromatic nitrogens is 2. The van der Waals surface area contributed by atoms with E-state index in [9.17, 15) is 4.79 Å². The fourth-order valence-corrected chi connectivity index (χ4v) is 1.55. The second-order valence-corrected chi connectivity index (χ2v) is 3.69. The van der Waals surface area contributed by atoms with Gasteiger partial charge in [0.1, 0.15) is 6.04 Å². The monoisotopic (exact) mass is 225 g/mol. The van der Waals surface area contributed by atoms with E-state index in [4.69, 9.17) is 10.5 Å². The van der Waals surface area contributed by atoms with E-state index in [1.165, 1.54) is 0 Å². The minimum absolute atomic E-state index is 0.355. The van der Waals surface area contributed by atoms with E-state index in [2.05, 4.69) is 17.1 Å². The van der Waals surface area contributed by atoms with E-state index in [-0.39, 0.29) is 5.97 Å². The van der Waals surface area contributed by atoms with Gasteiger partial charge in [-0.05, 0) is 18.9 Å². The minimum atomic E-state index is -0.604. The molecule has 0 saturated heterocycles. The Morgan fingerprint density at radius 3 is 3.00 bits per heavy atom. The van der Waals surface area contributed by atoms with E-state index in [0.29, 0.717) is 13.0 Å². The van der Waals surface area contributed by atoms with Crippen molar-refractivity contribution in [2.75, 3.05) is 6.61 Å². The van der Waals surface area contributed by atoms with Crippen molar-refractivity contribution < 1.29 is 9.53 Å². The van der Waals surface area contributed by atoms with Gasteiger partial charge in [0.25, 0.3) is 0 Å². The third kappa shape index (κ3) is 3.34. The Kier molecular flexibility index (Phi) is 4.98. The number of nitrogens with one attached hydrogen (secondary N) is 1. The summed E-state index contributed by atoms with van der Waals surface area (Å²) in [4.78, 5) is 11.4. The van der Waals surface area contributed by atoms with Crippen LogP contribution in [0.15, 0.2) is 6.20 Å². The van der Waals surface area contributed by atoms with Crippen LogP contribution in [0.2, 0.25) is 0 Å². The van der Waals surface area contributed by atoms with Crippen LogP contribution >= 0.6 is 0 Å². The van der Waals surface area contributed by atoms with Gasteiger partial charge in [0.15, 0.2) is 0 Å². The van der Waals surface area contributed by atoms with Crippen molar-refractivity contribution in [3.8, 4) is 0 Å². The first-order chi connectivity index (χ1) is 7.69. The number of hydrogen-bond acceptors (Lipinski definition) is 4. The summed E-state index contributed by atoms with van der Waals surface area (Å²) in [5.41, 5.74) is 7.80. The van der Waals surface area contributed by atoms with Gasteiger partial charge in [0.05, 0.1) is 12.8 Å². The van der Waals surface area contributed by atoms with Gasteiger partial charge in [0, 0.05) is 12.1 Å². The standard InChI is InChI=1S/C11H19N3O2/c1-3-5-10-8(7-13-14-10)6-9(12)11(15)16-4-2/h7,9H,3-6,12H2,1-2H3,(H,13,14). The molecule has 5 heteroatoms. The van der Waals surface area contributed by atoms with Crippen LogP contribution in [0, 0.1) is 0 Å². The molecule has 0 spiro atoms. The molecule has 0 aliphatic carbocycles. The molecule has 5 nitrogen and oxygen atoms in total. The second kappa shape index (κ2) is 6.27. The zero-order valence-corrected chi connectivity index (χ0v) is 9.82. The van der Waals surface area contributed by atoms with E-state index >= 15 is 0 Å². The molecule has 0 radical (unpaired) electrons. The molecular weight excluding hydrogens is 206 g/mol. The molecule has 0 aromatic carbocycles. The number of carbonyl (C=O) groups is 1. The van der Waals surface area contributed by atoms with Crippen molar-refractivity contribution in [1.29, 1.82) is 0 Å². The maximum absolute atomic E-state index is 11.4. The summed E-state index contributed by atoms with van der Waals surface area (Å²) in [6.07, 6.45) is 4.16. The number of hydrogen-bond donors (Lipinski definition) is 2. The first kappa shape index (κ1) is 12.7. The molecule has 3 N–H and O–H groups in total. The third-order valence-corrected chi connectivity index (χ3v) is 2.34. The van der Waals surface area contributed by atoms with Gasteiger partial charge in [0.2, 0.25) is 0 Å². The SMILES string of the molecule is CCCc1[nH]ncc1CC(N)C(=O)OCC. The van der Waals surface area contributed by atoms with Crippen LogP contribution in [0.1, 0.15) is 31.5 Å². The lowest BCUT2D eigenvalue weighted by Gasteiger charge is -2.10. The highest BCUT2D eigenvalue weighted by molar-refractivity contribution is 5.75. The van der Waals surface area contributed by atoms with Gasteiger partial charge in [-0.1, -0.05) is 13.3 Å². The summed E-state index contributed by atoms with van der Waals surface area (Å²) in [6, 6.07) is -0.604. The summed E-state index contributed by atoms with van der Waals surface area (Å²) in [7, 11) is 0. The largest absolute Gasteiger partial charge is 0.465 e. The van der Waals surface area contributed by atoms with Gasteiger partial charge in [-0.15, -0.1) is 0 Å². The first-order valence-corrected chi connectivity index (χ1v) is 5.62. The molecule has 0 fully saturated rings. The number of esters is 1. The smallest absolute Gasteiger partial charge is 0.323 e. The number of rotatable bonds is 6. The molecule has 1 atom stereocenters. The Balaban J connectivity index is 2.58. The molecule has 1 heterocycles. The number of carbonyl (C=O) groups excluding carboxylic acids is 1. The van der Waals surface area contributed by atoms with Gasteiger partial charge in [-0.25, -0.2) is 0 Å². The fourth-order valence-electron chi connectivity index (χ4n) is 1.55. The van der Waals surface area contributed by atoms with Crippen LogP contribution in [-0.4, -0.2) is 28.8 Å². The van der Waals surface area contributed by atoms with Crippen molar-refractivity contribution in [3.05, 3.63) is 17.5 Å². The van der Waals surface area contributed by atoms with Gasteiger partial charge in [-0.2, -0.15) is 5.10 Å². The van der Waals surface area contributed by atoms with E-state index in [1.54, 1.807) is 13.1 Å². The lowest BCUT2D eigenvalue weighted by molar-refractivity contribution is -0.144. The molecule has 0 amide bonds. The number of nitrogens with two attached hydrogens (primary N) is 1. The summed E-state index contributed by atoms with van der Waals surface area (Å²) in [5.74, 6) is -0.355. The molecule has 90 valence electrons. The molecule has 0 aliphatic rings. The molecule has 0 bridgehead atoms.